The molecule has 0 radical (unpaired) electrons. The molecular formula is C16H22N2O2. The Labute approximate surface area is 120 Å². The Morgan fingerprint density at radius 3 is 2.60 bits per heavy atom. The maximum absolute atomic E-state index is 12.6. The third-order valence-corrected chi connectivity index (χ3v) is 4.14. The number of benzene rings is 1. The zero-order valence-corrected chi connectivity index (χ0v) is 12.0. The van der Waals surface area contributed by atoms with Crippen LogP contribution in [-0.2, 0) is 11.3 Å². The fraction of sp³-hybridized carbons (Fsp3) is 0.562. The Morgan fingerprint density at radius 1 is 1.30 bits per heavy atom. The van der Waals surface area contributed by atoms with E-state index in [1.807, 2.05) is 24.3 Å². The molecule has 1 aromatic carbocycles. The van der Waals surface area contributed by atoms with Gasteiger partial charge in [0.2, 0.25) is 5.91 Å². The van der Waals surface area contributed by atoms with Crippen LogP contribution in [0, 0.1) is 0 Å². The van der Waals surface area contributed by atoms with Crippen LogP contribution in [0.4, 0.5) is 0 Å². The minimum absolute atomic E-state index is 0.0360. The molecule has 20 heavy (non-hydrogen) atoms. The van der Waals surface area contributed by atoms with Gasteiger partial charge in [0.05, 0.1) is 13.2 Å². The van der Waals surface area contributed by atoms with Crippen LogP contribution in [0.1, 0.15) is 31.2 Å². The fourth-order valence-electron chi connectivity index (χ4n) is 2.80. The van der Waals surface area contributed by atoms with Crippen molar-refractivity contribution in [2.75, 3.05) is 13.7 Å². The molecule has 1 heterocycles. The highest BCUT2D eigenvalue weighted by Gasteiger charge is 2.36. The molecule has 1 amide bonds. The summed E-state index contributed by atoms with van der Waals surface area (Å²) in [5.74, 6) is 1.14. The van der Waals surface area contributed by atoms with Crippen LogP contribution in [0.25, 0.3) is 0 Å². The van der Waals surface area contributed by atoms with E-state index < -0.39 is 0 Å². The molecule has 1 N–H and O–H groups in total. The Morgan fingerprint density at radius 2 is 2.05 bits per heavy atom. The summed E-state index contributed by atoms with van der Waals surface area (Å²) in [4.78, 5) is 14.7. The van der Waals surface area contributed by atoms with E-state index in [0.717, 1.165) is 38.0 Å². The van der Waals surface area contributed by atoms with Crippen LogP contribution < -0.4 is 10.1 Å². The lowest BCUT2D eigenvalue weighted by atomic mass is 10.1. The molecule has 0 bridgehead atoms. The van der Waals surface area contributed by atoms with Crippen LogP contribution in [0.3, 0.4) is 0 Å². The van der Waals surface area contributed by atoms with Crippen molar-refractivity contribution in [2.24, 2.45) is 0 Å². The molecule has 2 fully saturated rings. The van der Waals surface area contributed by atoms with Crippen LogP contribution >= 0.6 is 0 Å². The Hall–Kier alpha value is -1.55. The topological polar surface area (TPSA) is 41.6 Å². The average Bonchev–Trinajstić information content (AvgIpc) is 3.18. The number of carbonyl (C=O) groups is 1. The van der Waals surface area contributed by atoms with Gasteiger partial charge >= 0.3 is 0 Å². The number of nitrogens with one attached hydrogen (secondary N) is 1. The first kappa shape index (κ1) is 13.4. The molecule has 0 aromatic heterocycles. The van der Waals surface area contributed by atoms with Crippen LogP contribution in [0.2, 0.25) is 0 Å². The molecule has 1 saturated heterocycles. The van der Waals surface area contributed by atoms with Gasteiger partial charge in [-0.1, -0.05) is 12.1 Å². The first-order chi connectivity index (χ1) is 9.78. The molecule has 1 aliphatic heterocycles. The molecule has 1 saturated carbocycles. The van der Waals surface area contributed by atoms with Crippen molar-refractivity contribution in [3.63, 3.8) is 0 Å². The van der Waals surface area contributed by atoms with E-state index in [4.69, 9.17) is 4.74 Å². The highest BCUT2D eigenvalue weighted by atomic mass is 16.5. The first-order valence-electron chi connectivity index (χ1n) is 7.45. The summed E-state index contributed by atoms with van der Waals surface area (Å²) >= 11 is 0. The van der Waals surface area contributed by atoms with E-state index in [1.54, 1.807) is 7.11 Å². The summed E-state index contributed by atoms with van der Waals surface area (Å²) in [6, 6.07) is 8.49. The quantitative estimate of drug-likeness (QED) is 0.892. The van der Waals surface area contributed by atoms with Crippen molar-refractivity contribution in [3.05, 3.63) is 29.8 Å². The molecule has 2 aliphatic rings. The minimum Gasteiger partial charge on any atom is -0.497 e. The van der Waals surface area contributed by atoms with Gasteiger partial charge in [-0.25, -0.2) is 0 Å². The van der Waals surface area contributed by atoms with Crippen LogP contribution in [0.5, 0.6) is 5.75 Å². The van der Waals surface area contributed by atoms with Gasteiger partial charge < -0.3 is 15.0 Å². The van der Waals surface area contributed by atoms with Gasteiger partial charge in [-0.15, -0.1) is 0 Å². The molecular weight excluding hydrogens is 252 g/mol. The van der Waals surface area contributed by atoms with Crippen LogP contribution in [-0.4, -0.2) is 36.5 Å². The number of rotatable bonds is 5. The van der Waals surface area contributed by atoms with Gasteiger partial charge in [-0.2, -0.15) is 0 Å². The number of amides is 1. The van der Waals surface area contributed by atoms with E-state index in [9.17, 15) is 4.79 Å². The van der Waals surface area contributed by atoms with Gasteiger partial charge in [0.15, 0.2) is 0 Å². The maximum Gasteiger partial charge on any atom is 0.240 e. The lowest BCUT2D eigenvalue weighted by Gasteiger charge is -2.26. The number of carbonyl (C=O) groups excluding carboxylic acids is 1. The third-order valence-electron chi connectivity index (χ3n) is 4.14. The first-order valence-corrected chi connectivity index (χ1v) is 7.45. The molecule has 1 unspecified atom stereocenters. The highest BCUT2D eigenvalue weighted by molar-refractivity contribution is 5.82. The summed E-state index contributed by atoms with van der Waals surface area (Å²) in [7, 11) is 1.67. The Balaban J connectivity index is 1.68. The normalized spacial score (nSPS) is 21.8. The van der Waals surface area contributed by atoms with E-state index in [0.29, 0.717) is 12.6 Å². The zero-order valence-electron chi connectivity index (χ0n) is 12.0. The van der Waals surface area contributed by atoms with Crippen molar-refractivity contribution in [3.8, 4) is 5.75 Å². The summed E-state index contributed by atoms with van der Waals surface area (Å²) in [5.41, 5.74) is 1.17. The highest BCUT2D eigenvalue weighted by Crippen LogP contribution is 2.30. The van der Waals surface area contributed by atoms with Gasteiger partial charge in [-0.3, -0.25) is 4.79 Å². The molecule has 4 nitrogen and oxygen atoms in total. The number of ether oxygens (including phenoxy) is 1. The second kappa shape index (κ2) is 5.83. The molecule has 1 atom stereocenters. The zero-order chi connectivity index (χ0) is 13.9. The van der Waals surface area contributed by atoms with Crippen molar-refractivity contribution in [2.45, 2.75) is 44.3 Å². The number of methoxy groups -OCH3 is 1. The lowest BCUT2D eigenvalue weighted by Crippen LogP contribution is -2.44. The number of hydrogen-bond acceptors (Lipinski definition) is 3. The predicted molar refractivity (Wildman–Crippen MR) is 77.6 cm³/mol. The molecule has 108 valence electrons. The van der Waals surface area contributed by atoms with Gasteiger partial charge in [0.25, 0.3) is 0 Å². The summed E-state index contributed by atoms with van der Waals surface area (Å²) in [6.45, 7) is 1.68. The molecule has 1 aliphatic carbocycles. The molecule has 1 aromatic rings. The summed E-state index contributed by atoms with van der Waals surface area (Å²) < 4.78 is 5.17. The second-order valence-electron chi connectivity index (χ2n) is 5.69. The van der Waals surface area contributed by atoms with Crippen molar-refractivity contribution >= 4 is 5.91 Å². The van der Waals surface area contributed by atoms with Crippen molar-refractivity contribution in [1.29, 1.82) is 0 Å². The monoisotopic (exact) mass is 274 g/mol. The number of nitrogens with zero attached hydrogens (tertiary/aromatic N) is 1. The third kappa shape index (κ3) is 2.96. The number of hydrogen-bond donors (Lipinski definition) is 1. The SMILES string of the molecule is COc1ccc(CN(C(=O)C2CCCN2)C2CC2)cc1. The van der Waals surface area contributed by atoms with Crippen molar-refractivity contribution < 1.29 is 9.53 Å². The maximum atomic E-state index is 12.6. The fourth-order valence-corrected chi connectivity index (χ4v) is 2.80. The standard InChI is InChI=1S/C16H22N2O2/c1-20-14-8-4-12(5-9-14)11-18(13-6-7-13)16(19)15-3-2-10-17-15/h4-5,8-9,13,15,17H,2-3,6-7,10-11H2,1H3. The van der Waals surface area contributed by atoms with E-state index in [-0.39, 0.29) is 11.9 Å². The van der Waals surface area contributed by atoms with E-state index in [2.05, 4.69) is 10.2 Å². The van der Waals surface area contributed by atoms with Gasteiger partial charge in [0.1, 0.15) is 5.75 Å². The second-order valence-corrected chi connectivity index (χ2v) is 5.69. The molecule has 0 spiro atoms. The Kier molecular flexibility index (Phi) is 3.92. The lowest BCUT2D eigenvalue weighted by molar-refractivity contribution is -0.134. The largest absolute Gasteiger partial charge is 0.497 e. The summed E-state index contributed by atoms with van der Waals surface area (Å²) in [5, 5.41) is 3.31. The van der Waals surface area contributed by atoms with Gasteiger partial charge in [-0.05, 0) is 49.9 Å². The molecule has 4 heteroatoms. The van der Waals surface area contributed by atoms with Gasteiger partial charge in [0, 0.05) is 12.6 Å². The van der Waals surface area contributed by atoms with E-state index >= 15 is 0 Å². The minimum atomic E-state index is 0.0360. The smallest absolute Gasteiger partial charge is 0.240 e. The molecule has 3 rings (SSSR count). The predicted octanol–water partition coefficient (Wildman–Crippen LogP) is 1.94. The average molecular weight is 274 g/mol. The van der Waals surface area contributed by atoms with Crippen LogP contribution in [0.15, 0.2) is 24.3 Å². The Bertz CT molecular complexity index is 462. The van der Waals surface area contributed by atoms with Crippen molar-refractivity contribution in [1.82, 2.24) is 10.2 Å². The summed E-state index contributed by atoms with van der Waals surface area (Å²) in [6.07, 6.45) is 4.38. The van der Waals surface area contributed by atoms with E-state index in [1.165, 1.54) is 5.56 Å².